The number of carboxylic acid groups (broad SMARTS) is 1. The topological polar surface area (TPSA) is 181 Å². The van der Waals surface area contributed by atoms with Crippen molar-refractivity contribution in [3.63, 3.8) is 0 Å². The predicted octanol–water partition coefficient (Wildman–Crippen LogP) is 2.77. The Morgan fingerprint density at radius 1 is 0.629 bits per heavy atom. The van der Waals surface area contributed by atoms with Crippen molar-refractivity contribution < 1.29 is 33.6 Å². The molecule has 13 nitrogen and oxygen atoms in total. The minimum absolute atomic E-state index is 0. The number of nitrogens with zero attached hydrogens (tertiary/aromatic N) is 5. The summed E-state index contributed by atoms with van der Waals surface area (Å²) in [6, 6.07) is 20.6. The molecule has 62 heavy (non-hydrogen) atoms. The van der Waals surface area contributed by atoms with E-state index >= 15 is 0 Å². The molecular formula is C46H61Cl2LiN10O3. The number of carbonyl (C=O) groups is 2. The maximum atomic E-state index is 13.0. The molecule has 0 aliphatic carbocycles. The van der Waals surface area contributed by atoms with Gasteiger partial charge in [0.25, 0.3) is 0 Å². The van der Waals surface area contributed by atoms with Gasteiger partial charge in [-0.2, -0.15) is 0 Å². The quantitative estimate of drug-likeness (QED) is 0.147. The number of piperidine rings is 4. The van der Waals surface area contributed by atoms with Crippen molar-refractivity contribution in [1.29, 1.82) is 0 Å². The third kappa shape index (κ3) is 15.6. The number of hydrogen-bond acceptors (Lipinski definition) is 12. The number of nitrogens with two attached hydrogens (primary N) is 2. The van der Waals surface area contributed by atoms with E-state index in [1.807, 2.05) is 60.7 Å². The number of likely N-dealkylation sites (tertiary alicyclic amines) is 3. The Morgan fingerprint density at radius 3 is 1.47 bits per heavy atom. The molecule has 0 saturated carbocycles. The summed E-state index contributed by atoms with van der Waals surface area (Å²) < 4.78 is 0. The van der Waals surface area contributed by atoms with Gasteiger partial charge in [-0.15, -0.1) is 0 Å². The number of nitrogens with one attached hydrogen (secondary N) is 3. The van der Waals surface area contributed by atoms with Crippen molar-refractivity contribution >= 4 is 57.8 Å². The Kier molecular flexibility index (Phi) is 20.0. The van der Waals surface area contributed by atoms with E-state index in [9.17, 15) is 14.7 Å². The van der Waals surface area contributed by atoms with Gasteiger partial charge in [0.2, 0.25) is 5.91 Å². The summed E-state index contributed by atoms with van der Waals surface area (Å²) >= 11 is 11.8. The van der Waals surface area contributed by atoms with Gasteiger partial charge in [-0.05, 0) is 162 Å². The second kappa shape index (κ2) is 25.3. The van der Waals surface area contributed by atoms with E-state index < -0.39 is 5.97 Å². The summed E-state index contributed by atoms with van der Waals surface area (Å²) in [5.74, 6) is -0.728. The molecule has 0 bridgehead atoms. The normalized spacial score (nSPS) is 18.3. The minimum atomic E-state index is -0.923. The molecule has 4 aliphatic heterocycles. The average Bonchev–Trinajstić information content (AvgIpc) is 3.28. The third-order valence-electron chi connectivity index (χ3n) is 12.1. The molecule has 8 rings (SSSR count). The molecule has 0 radical (unpaired) electrons. The summed E-state index contributed by atoms with van der Waals surface area (Å²) in [6.07, 6.45) is 14.4. The zero-order valence-corrected chi connectivity index (χ0v) is 37.5. The average molecular weight is 880 g/mol. The van der Waals surface area contributed by atoms with Gasteiger partial charge in [-0.3, -0.25) is 24.6 Å². The van der Waals surface area contributed by atoms with E-state index in [2.05, 4.69) is 40.6 Å². The van der Waals surface area contributed by atoms with Gasteiger partial charge in [0, 0.05) is 89.9 Å². The summed E-state index contributed by atoms with van der Waals surface area (Å²) in [7, 11) is 0. The van der Waals surface area contributed by atoms with Crippen LogP contribution in [-0.4, -0.2) is 101 Å². The van der Waals surface area contributed by atoms with Gasteiger partial charge in [0.05, 0.1) is 23.8 Å². The first-order valence-corrected chi connectivity index (χ1v) is 22.4. The van der Waals surface area contributed by atoms with Crippen molar-refractivity contribution in [3.8, 4) is 0 Å². The number of benzene rings is 2. The van der Waals surface area contributed by atoms with Crippen LogP contribution in [0.3, 0.4) is 0 Å². The van der Waals surface area contributed by atoms with Gasteiger partial charge in [-0.1, -0.05) is 23.2 Å². The van der Waals surface area contributed by atoms with Crippen LogP contribution in [0, 0.1) is 11.8 Å². The number of pyridine rings is 2. The zero-order valence-electron chi connectivity index (χ0n) is 36.0. The van der Waals surface area contributed by atoms with Crippen molar-refractivity contribution in [3.05, 3.63) is 107 Å². The number of anilines is 4. The number of carbonyl (C=O) groups excluding carboxylic acids is 2. The smallest absolute Gasteiger partial charge is 0.550 e. The van der Waals surface area contributed by atoms with E-state index in [0.29, 0.717) is 36.5 Å². The Balaban J connectivity index is 0.000000192. The van der Waals surface area contributed by atoms with Crippen LogP contribution in [0.25, 0.3) is 0 Å². The number of hydrogen-bond donors (Lipinski definition) is 5. The number of nitrogen functional groups attached to an aromatic ring is 2. The molecule has 0 unspecified atom stereocenters. The molecule has 328 valence electrons. The van der Waals surface area contributed by atoms with E-state index in [-0.39, 0.29) is 30.7 Å². The third-order valence-corrected chi connectivity index (χ3v) is 12.6. The number of rotatable bonds is 10. The van der Waals surface area contributed by atoms with Crippen LogP contribution in [0.4, 0.5) is 22.7 Å². The zero-order chi connectivity index (χ0) is 43.0. The van der Waals surface area contributed by atoms with Crippen LogP contribution < -0.4 is 51.4 Å². The monoisotopic (exact) mass is 878 g/mol. The second-order valence-corrected chi connectivity index (χ2v) is 17.4. The molecular weight excluding hydrogens is 818 g/mol. The van der Waals surface area contributed by atoms with Crippen molar-refractivity contribution in [2.24, 2.45) is 11.8 Å². The summed E-state index contributed by atoms with van der Waals surface area (Å²) in [5, 5.41) is 22.7. The van der Waals surface area contributed by atoms with E-state index in [1.54, 1.807) is 24.8 Å². The van der Waals surface area contributed by atoms with E-state index in [4.69, 9.17) is 34.7 Å². The van der Waals surface area contributed by atoms with E-state index in [0.717, 1.165) is 124 Å². The fourth-order valence-corrected chi connectivity index (χ4v) is 8.59. The molecule has 0 atom stereocenters. The fraction of sp³-hybridized carbons (Fsp3) is 0.478. The largest absolute Gasteiger partial charge is 1.00 e. The standard InChI is InChI=1S/C23H30ClN5O.C12H17N3O2.C11H15ClN2.Li/c24-19-1-3-20(4-2-19)27-21-8-13-29(14-9-21)23(30)17-6-11-28(12-7-17)16-18-5-10-26-15-22(18)25;13-11-7-14-4-1-10(11)8-15-5-2-9(3-6-15)12(16)17;12-9-1-3-10(4-2-9)14-11-5-7-13-8-6-11;/h1-5,10,15,17,21,27H,6-9,11-14,16,25H2;1,4,7,9H,2-3,5-6,8,13H2,(H,16,17);1-4,11,13-14H,5-8H2;/q;;;+1/p-1. The molecule has 2 aromatic carbocycles. The molecule has 6 heterocycles. The number of halogens is 2. The first-order valence-electron chi connectivity index (χ1n) is 21.7. The van der Waals surface area contributed by atoms with Gasteiger partial charge in [0.15, 0.2) is 0 Å². The van der Waals surface area contributed by atoms with Gasteiger partial charge in [0.1, 0.15) is 0 Å². The molecule has 7 N–H and O–H groups in total. The Labute approximate surface area is 388 Å². The fourth-order valence-electron chi connectivity index (χ4n) is 8.34. The van der Waals surface area contributed by atoms with Crippen LogP contribution in [0.2, 0.25) is 10.0 Å². The Morgan fingerprint density at radius 2 is 1.05 bits per heavy atom. The predicted molar refractivity (Wildman–Crippen MR) is 244 cm³/mol. The molecule has 0 spiro atoms. The van der Waals surface area contributed by atoms with Crippen molar-refractivity contribution in [2.45, 2.75) is 76.5 Å². The minimum Gasteiger partial charge on any atom is -0.550 e. The molecule has 4 aliphatic rings. The van der Waals surface area contributed by atoms with Crippen molar-refractivity contribution in [2.75, 3.05) is 74.5 Å². The van der Waals surface area contributed by atoms with Gasteiger partial charge < -0.3 is 42.2 Å². The summed E-state index contributed by atoms with van der Waals surface area (Å²) in [6.45, 7) is 8.91. The Hall–Kier alpha value is -4.06. The van der Waals surface area contributed by atoms with Crippen LogP contribution >= 0.6 is 23.2 Å². The number of carboxylic acids is 1. The molecule has 4 fully saturated rings. The first kappa shape index (κ1) is 49.0. The Bertz CT molecular complexity index is 1950. The van der Waals surface area contributed by atoms with E-state index in [1.165, 1.54) is 18.5 Å². The van der Waals surface area contributed by atoms with Gasteiger partial charge >= 0.3 is 18.9 Å². The number of amides is 1. The second-order valence-electron chi connectivity index (χ2n) is 16.5. The SMILES string of the molecule is Clc1ccc(NC2CCNCC2)cc1.Nc1cnccc1CN1CCC(C(=O)N2CCC(Nc3ccc(Cl)cc3)CC2)CC1.Nc1cnccc1CN1CCC(C(=O)[O-])CC1.[Li+]. The molecule has 1 amide bonds. The number of aromatic nitrogens is 2. The number of aliphatic carboxylic acids is 1. The van der Waals surface area contributed by atoms with Gasteiger partial charge in [-0.25, -0.2) is 0 Å². The first-order chi connectivity index (χ1) is 29.6. The maximum Gasteiger partial charge on any atom is 1.00 e. The molecule has 4 aromatic rings. The van der Waals surface area contributed by atoms with Crippen LogP contribution in [0.1, 0.15) is 62.5 Å². The van der Waals surface area contributed by atoms with Crippen LogP contribution in [0.5, 0.6) is 0 Å². The molecule has 2 aromatic heterocycles. The van der Waals surface area contributed by atoms with Crippen LogP contribution in [-0.2, 0) is 22.7 Å². The van der Waals surface area contributed by atoms with Crippen LogP contribution in [0.15, 0.2) is 85.5 Å². The summed E-state index contributed by atoms with van der Waals surface area (Å²) in [5.41, 5.74) is 17.7. The summed E-state index contributed by atoms with van der Waals surface area (Å²) in [4.78, 5) is 38.4. The molecule has 4 saturated heterocycles. The maximum absolute atomic E-state index is 13.0. The molecule has 16 heteroatoms. The van der Waals surface area contributed by atoms with Crippen molar-refractivity contribution in [1.82, 2.24) is 30.0 Å².